The summed E-state index contributed by atoms with van der Waals surface area (Å²) in [5.41, 5.74) is 0.227. The van der Waals surface area contributed by atoms with Crippen molar-refractivity contribution < 1.29 is 19.5 Å². The minimum Gasteiger partial charge on any atom is -0.491 e. The number of carbonyl (C=O) groups is 1. The summed E-state index contributed by atoms with van der Waals surface area (Å²) in [6.07, 6.45) is 0.375. The third kappa shape index (κ3) is 2.86. The Morgan fingerprint density at radius 1 is 1.42 bits per heavy atom. The van der Waals surface area contributed by atoms with E-state index in [0.29, 0.717) is 5.71 Å². The van der Waals surface area contributed by atoms with Gasteiger partial charge in [0.05, 0.1) is 11.8 Å². The smallest absolute Gasteiger partial charge is 0.351 e. The van der Waals surface area contributed by atoms with Crippen molar-refractivity contribution in [3.63, 3.8) is 0 Å². The fourth-order valence-electron chi connectivity index (χ4n) is 1.81. The summed E-state index contributed by atoms with van der Waals surface area (Å²) in [6.45, 7) is 5.43. The molecule has 0 aliphatic carbocycles. The number of carboxylic acid groups (broad SMARTS) is 1. The van der Waals surface area contributed by atoms with Crippen LogP contribution in [0.2, 0.25) is 0 Å². The molecule has 0 bridgehead atoms. The van der Waals surface area contributed by atoms with Crippen molar-refractivity contribution in [3.05, 3.63) is 29.8 Å². The van der Waals surface area contributed by atoms with Gasteiger partial charge in [-0.1, -0.05) is 5.16 Å². The molecule has 1 atom stereocenters. The summed E-state index contributed by atoms with van der Waals surface area (Å²) in [5, 5.41) is 12.9. The number of benzene rings is 1. The molecule has 5 nitrogen and oxygen atoms in total. The summed E-state index contributed by atoms with van der Waals surface area (Å²) in [5.74, 6) is -0.231. The van der Waals surface area contributed by atoms with Gasteiger partial charge in [-0.3, -0.25) is 0 Å². The molecule has 0 amide bonds. The van der Waals surface area contributed by atoms with Crippen molar-refractivity contribution in [1.29, 1.82) is 0 Å². The first kappa shape index (κ1) is 13.4. The van der Waals surface area contributed by atoms with Gasteiger partial charge in [0.25, 0.3) is 0 Å². The van der Waals surface area contributed by atoms with Crippen molar-refractivity contribution in [2.75, 3.05) is 0 Å². The van der Waals surface area contributed by atoms with Gasteiger partial charge in [-0.15, -0.1) is 0 Å². The van der Waals surface area contributed by atoms with Crippen LogP contribution in [0.15, 0.2) is 29.4 Å². The van der Waals surface area contributed by atoms with Crippen LogP contribution in [0.1, 0.15) is 32.8 Å². The summed E-state index contributed by atoms with van der Waals surface area (Å²) >= 11 is 0. The fraction of sp³-hybridized carbons (Fsp3) is 0.429. The molecular weight excluding hydrogens is 246 g/mol. The highest BCUT2D eigenvalue weighted by Crippen LogP contribution is 2.27. The zero-order chi connectivity index (χ0) is 14.0. The van der Waals surface area contributed by atoms with E-state index in [2.05, 4.69) is 5.16 Å². The van der Waals surface area contributed by atoms with E-state index in [1.165, 1.54) is 6.92 Å². The fourth-order valence-corrected chi connectivity index (χ4v) is 1.81. The molecule has 5 heteroatoms. The molecule has 0 fully saturated rings. The monoisotopic (exact) mass is 263 g/mol. The molecule has 0 saturated heterocycles. The van der Waals surface area contributed by atoms with Crippen LogP contribution >= 0.6 is 0 Å². The standard InChI is InChI=1S/C14H17NO4/c1-9(2)18-11-6-4-10(5-7-11)12-8-14(3,13(16)17)19-15-12/h4-7,9H,8H2,1-3H3,(H,16,17). The molecular formula is C14H17NO4. The van der Waals surface area contributed by atoms with Crippen LogP contribution < -0.4 is 4.74 Å². The Morgan fingerprint density at radius 2 is 2.05 bits per heavy atom. The highest BCUT2D eigenvalue weighted by molar-refractivity contribution is 6.04. The van der Waals surface area contributed by atoms with Gasteiger partial charge in [0.1, 0.15) is 5.75 Å². The second-order valence-corrected chi connectivity index (χ2v) is 5.03. The van der Waals surface area contributed by atoms with Crippen molar-refractivity contribution in [1.82, 2.24) is 0 Å². The van der Waals surface area contributed by atoms with E-state index in [1.54, 1.807) is 0 Å². The Labute approximate surface area is 111 Å². The average Bonchev–Trinajstić information content (AvgIpc) is 2.74. The lowest BCUT2D eigenvalue weighted by Gasteiger charge is -2.14. The third-order valence-electron chi connectivity index (χ3n) is 2.87. The van der Waals surface area contributed by atoms with Crippen LogP contribution in [0.25, 0.3) is 0 Å². The van der Waals surface area contributed by atoms with Crippen molar-refractivity contribution >= 4 is 11.7 Å². The average molecular weight is 263 g/mol. The first-order chi connectivity index (χ1) is 8.90. The largest absolute Gasteiger partial charge is 0.491 e. The zero-order valence-electron chi connectivity index (χ0n) is 11.2. The van der Waals surface area contributed by atoms with Gasteiger partial charge >= 0.3 is 5.97 Å². The second-order valence-electron chi connectivity index (χ2n) is 5.03. The first-order valence-corrected chi connectivity index (χ1v) is 6.16. The van der Waals surface area contributed by atoms with Gasteiger partial charge in [-0.05, 0) is 50.6 Å². The normalized spacial score (nSPS) is 22.0. The molecule has 0 spiro atoms. The van der Waals surface area contributed by atoms with Gasteiger partial charge in [0.15, 0.2) is 0 Å². The Morgan fingerprint density at radius 3 is 2.53 bits per heavy atom. The summed E-state index contributed by atoms with van der Waals surface area (Å²) in [7, 11) is 0. The lowest BCUT2D eigenvalue weighted by Crippen LogP contribution is -2.35. The highest BCUT2D eigenvalue weighted by Gasteiger charge is 2.42. The van der Waals surface area contributed by atoms with Gasteiger partial charge in [-0.25, -0.2) is 4.79 Å². The number of aliphatic carboxylic acids is 1. The minimum atomic E-state index is -1.26. The maximum absolute atomic E-state index is 11.1. The minimum absolute atomic E-state index is 0.119. The predicted molar refractivity (Wildman–Crippen MR) is 70.5 cm³/mol. The Kier molecular flexibility index (Phi) is 3.46. The molecule has 1 aromatic rings. The molecule has 19 heavy (non-hydrogen) atoms. The Bertz CT molecular complexity index is 507. The van der Waals surface area contributed by atoms with Crippen molar-refractivity contribution in [3.8, 4) is 5.75 Å². The molecule has 1 aliphatic heterocycles. The topological polar surface area (TPSA) is 68.1 Å². The Balaban J connectivity index is 2.10. The number of hydrogen-bond donors (Lipinski definition) is 1. The van der Waals surface area contributed by atoms with Crippen LogP contribution in [-0.2, 0) is 9.63 Å². The van der Waals surface area contributed by atoms with Crippen molar-refractivity contribution in [2.24, 2.45) is 5.16 Å². The maximum Gasteiger partial charge on any atom is 0.351 e. The van der Waals surface area contributed by atoms with Gasteiger partial charge < -0.3 is 14.7 Å². The summed E-state index contributed by atoms with van der Waals surface area (Å²) in [4.78, 5) is 16.1. The quantitative estimate of drug-likeness (QED) is 0.906. The van der Waals surface area contributed by atoms with E-state index in [0.717, 1.165) is 11.3 Å². The van der Waals surface area contributed by atoms with Crippen LogP contribution in [0, 0.1) is 0 Å². The molecule has 0 radical (unpaired) electrons. The maximum atomic E-state index is 11.1. The van der Waals surface area contributed by atoms with E-state index in [4.69, 9.17) is 14.7 Å². The first-order valence-electron chi connectivity index (χ1n) is 6.16. The second kappa shape index (κ2) is 4.91. The molecule has 0 saturated carbocycles. The zero-order valence-corrected chi connectivity index (χ0v) is 11.2. The molecule has 2 rings (SSSR count). The van der Waals surface area contributed by atoms with E-state index in [-0.39, 0.29) is 12.5 Å². The molecule has 1 aliphatic rings. The number of hydrogen-bond acceptors (Lipinski definition) is 4. The molecule has 102 valence electrons. The van der Waals surface area contributed by atoms with Crippen LogP contribution in [-0.4, -0.2) is 28.5 Å². The predicted octanol–water partition coefficient (Wildman–Crippen LogP) is 2.44. The van der Waals surface area contributed by atoms with E-state index in [9.17, 15) is 4.79 Å². The molecule has 1 aromatic carbocycles. The molecule has 0 aromatic heterocycles. The van der Waals surface area contributed by atoms with Gasteiger partial charge in [0, 0.05) is 6.42 Å². The number of carboxylic acids is 1. The molecule has 1 unspecified atom stereocenters. The molecule has 1 N–H and O–H groups in total. The van der Waals surface area contributed by atoms with Crippen LogP contribution in [0.4, 0.5) is 0 Å². The van der Waals surface area contributed by atoms with Crippen molar-refractivity contribution in [2.45, 2.75) is 38.9 Å². The van der Waals surface area contributed by atoms with Gasteiger partial charge in [-0.2, -0.15) is 0 Å². The highest BCUT2D eigenvalue weighted by atomic mass is 16.7. The van der Waals surface area contributed by atoms with Crippen LogP contribution in [0.3, 0.4) is 0 Å². The van der Waals surface area contributed by atoms with E-state index in [1.807, 2.05) is 38.1 Å². The van der Waals surface area contributed by atoms with E-state index < -0.39 is 11.6 Å². The van der Waals surface area contributed by atoms with Gasteiger partial charge in [0.2, 0.25) is 5.60 Å². The molecule has 1 heterocycles. The number of ether oxygens (including phenoxy) is 1. The number of rotatable bonds is 4. The third-order valence-corrected chi connectivity index (χ3v) is 2.87. The number of oxime groups is 1. The lowest BCUT2D eigenvalue weighted by atomic mass is 9.96. The summed E-state index contributed by atoms with van der Waals surface area (Å²) in [6, 6.07) is 7.39. The SMILES string of the molecule is CC(C)Oc1ccc(C2=NOC(C)(C(=O)O)C2)cc1. The Hall–Kier alpha value is -2.04. The summed E-state index contributed by atoms with van der Waals surface area (Å²) < 4.78 is 5.55. The van der Waals surface area contributed by atoms with Crippen LogP contribution in [0.5, 0.6) is 5.75 Å². The lowest BCUT2D eigenvalue weighted by molar-refractivity contribution is -0.160. The van der Waals surface area contributed by atoms with E-state index >= 15 is 0 Å². The number of nitrogens with zero attached hydrogens (tertiary/aromatic N) is 1.